The van der Waals surface area contributed by atoms with Crippen LogP contribution in [0.25, 0.3) is 11.0 Å². The Morgan fingerprint density at radius 3 is 2.30 bits per heavy atom. The summed E-state index contributed by atoms with van der Waals surface area (Å²) in [4.78, 5) is 3.96. The summed E-state index contributed by atoms with van der Waals surface area (Å²) in [6.07, 6.45) is 1.06. The summed E-state index contributed by atoms with van der Waals surface area (Å²) in [5, 5.41) is 0. The zero-order valence-electron chi connectivity index (χ0n) is 11.1. The minimum Gasteiger partial charge on any atom is -0.368 e. The normalized spacial score (nSPS) is 13.2. The Kier molecular flexibility index (Phi) is 3.27. The van der Waals surface area contributed by atoms with Crippen LogP contribution in [0.5, 0.6) is 0 Å². The van der Waals surface area contributed by atoms with Crippen LogP contribution in [0, 0.1) is 0 Å². The highest BCUT2D eigenvalue weighted by atomic mass is 32.2. The Bertz CT molecular complexity index is 881. The number of imidazole rings is 1. The standard InChI is InChI=1S/C10H14N4O4S2/c1-13(2)20(17,18)14-9-5-4-7(19(3,15)16)6-8(9)12-10(14)11/h4-6H,1-3H3,(H2,11,12). The van der Waals surface area contributed by atoms with E-state index in [1.54, 1.807) is 0 Å². The molecule has 0 unspecified atom stereocenters. The maximum atomic E-state index is 12.2. The molecule has 2 aromatic rings. The second kappa shape index (κ2) is 4.43. The summed E-state index contributed by atoms with van der Waals surface area (Å²) in [5.41, 5.74) is 6.06. The van der Waals surface area contributed by atoms with Crippen molar-refractivity contribution in [1.29, 1.82) is 0 Å². The number of fused-ring (bicyclic) bond motifs is 1. The highest BCUT2D eigenvalue weighted by Gasteiger charge is 2.23. The molecule has 0 spiro atoms. The molecule has 0 aliphatic rings. The first-order valence-electron chi connectivity index (χ1n) is 5.46. The number of rotatable bonds is 3. The molecular weight excluding hydrogens is 304 g/mol. The number of hydrogen-bond acceptors (Lipinski definition) is 6. The SMILES string of the molecule is CN(C)S(=O)(=O)n1c(N)nc2cc(S(C)(=O)=O)ccc21. The van der Waals surface area contributed by atoms with E-state index in [-0.39, 0.29) is 21.9 Å². The van der Waals surface area contributed by atoms with Gasteiger partial charge in [0.1, 0.15) is 0 Å². The lowest BCUT2D eigenvalue weighted by Gasteiger charge is -2.13. The van der Waals surface area contributed by atoms with Gasteiger partial charge in [0.15, 0.2) is 9.84 Å². The van der Waals surface area contributed by atoms with Gasteiger partial charge in [-0.15, -0.1) is 0 Å². The molecule has 0 fully saturated rings. The highest BCUT2D eigenvalue weighted by molar-refractivity contribution is 7.90. The van der Waals surface area contributed by atoms with E-state index in [4.69, 9.17) is 5.73 Å². The molecule has 0 aliphatic carbocycles. The molecule has 0 aliphatic heterocycles. The number of nitrogens with two attached hydrogens (primary N) is 1. The van der Waals surface area contributed by atoms with Crippen LogP contribution < -0.4 is 5.73 Å². The van der Waals surface area contributed by atoms with E-state index in [2.05, 4.69) is 4.98 Å². The first kappa shape index (κ1) is 14.8. The second-order valence-electron chi connectivity index (χ2n) is 4.45. The molecule has 0 amide bonds. The molecule has 10 heteroatoms. The first-order chi connectivity index (χ1) is 9.05. The van der Waals surface area contributed by atoms with Crippen LogP contribution in [-0.4, -0.2) is 50.4 Å². The van der Waals surface area contributed by atoms with Gasteiger partial charge in [0.05, 0.1) is 15.9 Å². The number of hydrogen-bond donors (Lipinski definition) is 1. The number of aromatic nitrogens is 2. The van der Waals surface area contributed by atoms with Gasteiger partial charge in [0, 0.05) is 20.4 Å². The topological polar surface area (TPSA) is 115 Å². The zero-order valence-corrected chi connectivity index (χ0v) is 12.7. The third-order valence-corrected chi connectivity index (χ3v) is 5.61. The Balaban J connectivity index is 2.82. The van der Waals surface area contributed by atoms with Gasteiger partial charge >= 0.3 is 10.2 Å². The molecular formula is C10H14N4O4S2. The predicted molar refractivity (Wildman–Crippen MR) is 75.3 cm³/mol. The molecule has 1 aromatic heterocycles. The zero-order chi connectivity index (χ0) is 15.3. The van der Waals surface area contributed by atoms with Crippen molar-refractivity contribution in [2.24, 2.45) is 0 Å². The largest absolute Gasteiger partial charge is 0.368 e. The quantitative estimate of drug-likeness (QED) is 0.829. The maximum absolute atomic E-state index is 12.2. The Hall–Kier alpha value is -1.65. The van der Waals surface area contributed by atoms with Gasteiger partial charge in [-0.1, -0.05) is 0 Å². The molecule has 2 N–H and O–H groups in total. The van der Waals surface area contributed by atoms with Crippen molar-refractivity contribution in [2.75, 3.05) is 26.1 Å². The third kappa shape index (κ3) is 2.25. The summed E-state index contributed by atoms with van der Waals surface area (Å²) in [6.45, 7) is 0. The number of anilines is 1. The van der Waals surface area contributed by atoms with Crippen LogP contribution in [0.2, 0.25) is 0 Å². The van der Waals surface area contributed by atoms with Gasteiger partial charge in [0.2, 0.25) is 5.95 Å². The maximum Gasteiger partial charge on any atom is 0.310 e. The van der Waals surface area contributed by atoms with Crippen molar-refractivity contribution in [2.45, 2.75) is 4.90 Å². The minimum atomic E-state index is -3.83. The Labute approximate surface area is 116 Å². The summed E-state index contributed by atoms with van der Waals surface area (Å²) >= 11 is 0. The fourth-order valence-electron chi connectivity index (χ4n) is 1.69. The van der Waals surface area contributed by atoms with Crippen molar-refractivity contribution in [1.82, 2.24) is 13.3 Å². The first-order valence-corrected chi connectivity index (χ1v) is 8.75. The fourth-order valence-corrected chi connectivity index (χ4v) is 3.34. The summed E-state index contributed by atoms with van der Waals surface area (Å²) in [7, 11) is -4.49. The molecule has 2 rings (SSSR count). The van der Waals surface area contributed by atoms with Crippen LogP contribution >= 0.6 is 0 Å². The van der Waals surface area contributed by atoms with Gasteiger partial charge in [-0.3, -0.25) is 0 Å². The molecule has 20 heavy (non-hydrogen) atoms. The van der Waals surface area contributed by atoms with Crippen molar-refractivity contribution in [3.05, 3.63) is 18.2 Å². The molecule has 1 aromatic carbocycles. The molecule has 0 saturated carbocycles. The smallest absolute Gasteiger partial charge is 0.310 e. The van der Waals surface area contributed by atoms with Crippen LogP contribution in [0.4, 0.5) is 5.95 Å². The van der Waals surface area contributed by atoms with Crippen LogP contribution in [-0.2, 0) is 20.0 Å². The fraction of sp³-hybridized carbons (Fsp3) is 0.300. The van der Waals surface area contributed by atoms with E-state index in [9.17, 15) is 16.8 Å². The summed E-state index contributed by atoms with van der Waals surface area (Å²) < 4.78 is 49.1. The predicted octanol–water partition coefficient (Wildman–Crippen LogP) is -0.323. The second-order valence-corrected chi connectivity index (χ2v) is 8.45. The van der Waals surface area contributed by atoms with Gasteiger partial charge in [-0.2, -0.15) is 16.7 Å². The van der Waals surface area contributed by atoms with Crippen molar-refractivity contribution < 1.29 is 16.8 Å². The van der Waals surface area contributed by atoms with E-state index in [0.29, 0.717) is 0 Å². The Morgan fingerprint density at radius 1 is 1.20 bits per heavy atom. The lowest BCUT2D eigenvalue weighted by atomic mass is 10.3. The molecule has 0 atom stereocenters. The van der Waals surface area contributed by atoms with E-state index in [1.807, 2.05) is 0 Å². The van der Waals surface area contributed by atoms with Crippen molar-refractivity contribution in [3.8, 4) is 0 Å². The third-order valence-electron chi connectivity index (χ3n) is 2.73. The van der Waals surface area contributed by atoms with E-state index in [0.717, 1.165) is 14.5 Å². The average molecular weight is 318 g/mol. The molecule has 0 radical (unpaired) electrons. The van der Waals surface area contributed by atoms with Crippen molar-refractivity contribution >= 4 is 37.0 Å². The van der Waals surface area contributed by atoms with E-state index >= 15 is 0 Å². The molecule has 0 saturated heterocycles. The summed E-state index contributed by atoms with van der Waals surface area (Å²) in [6, 6.07) is 3.99. The molecule has 8 nitrogen and oxygen atoms in total. The van der Waals surface area contributed by atoms with Gasteiger partial charge in [-0.05, 0) is 18.2 Å². The van der Waals surface area contributed by atoms with Crippen LogP contribution in [0.3, 0.4) is 0 Å². The highest BCUT2D eigenvalue weighted by Crippen LogP contribution is 2.23. The lowest BCUT2D eigenvalue weighted by molar-refractivity contribution is 0.513. The average Bonchev–Trinajstić information content (AvgIpc) is 2.62. The molecule has 0 bridgehead atoms. The Morgan fingerprint density at radius 2 is 1.80 bits per heavy atom. The number of nitrogen functional groups attached to an aromatic ring is 1. The summed E-state index contributed by atoms with van der Waals surface area (Å²) in [5.74, 6) is -0.223. The number of sulfone groups is 1. The van der Waals surface area contributed by atoms with Gasteiger partial charge < -0.3 is 5.73 Å². The van der Waals surface area contributed by atoms with Crippen molar-refractivity contribution in [3.63, 3.8) is 0 Å². The molecule has 110 valence electrons. The van der Waals surface area contributed by atoms with Crippen LogP contribution in [0.15, 0.2) is 23.1 Å². The van der Waals surface area contributed by atoms with Gasteiger partial charge in [-0.25, -0.2) is 13.4 Å². The lowest BCUT2D eigenvalue weighted by Crippen LogP contribution is -2.29. The van der Waals surface area contributed by atoms with Gasteiger partial charge in [0.25, 0.3) is 0 Å². The van der Waals surface area contributed by atoms with E-state index in [1.165, 1.54) is 32.3 Å². The minimum absolute atomic E-state index is 0.0527. The van der Waals surface area contributed by atoms with Crippen LogP contribution in [0.1, 0.15) is 0 Å². The molecule has 1 heterocycles. The number of benzene rings is 1. The monoisotopic (exact) mass is 318 g/mol. The van der Waals surface area contributed by atoms with E-state index < -0.39 is 20.0 Å². The number of nitrogens with zero attached hydrogens (tertiary/aromatic N) is 3.